The molecule has 0 aromatic heterocycles. The molecule has 0 saturated heterocycles. The third-order valence-electron chi connectivity index (χ3n) is 4.52. The highest BCUT2D eigenvalue weighted by atomic mass is 16.2. The summed E-state index contributed by atoms with van der Waals surface area (Å²) >= 11 is 0. The van der Waals surface area contributed by atoms with E-state index in [4.69, 9.17) is 0 Å². The Bertz CT molecular complexity index is 532. The van der Waals surface area contributed by atoms with E-state index in [1.165, 1.54) is 0 Å². The molecule has 1 saturated carbocycles. The molecule has 0 bridgehead atoms. The maximum atomic E-state index is 12.8. The summed E-state index contributed by atoms with van der Waals surface area (Å²) in [6, 6.07) is 9.78. The van der Waals surface area contributed by atoms with E-state index >= 15 is 0 Å². The van der Waals surface area contributed by atoms with Gasteiger partial charge < -0.3 is 10.2 Å². The molecule has 4 heteroatoms. The van der Waals surface area contributed by atoms with Gasteiger partial charge in [-0.05, 0) is 38.2 Å². The number of carbonyl (C=O) groups excluding carboxylic acids is 2. The Hall–Kier alpha value is -1.84. The van der Waals surface area contributed by atoms with E-state index in [0.717, 1.165) is 31.5 Å². The Morgan fingerprint density at radius 2 is 1.70 bits per heavy atom. The summed E-state index contributed by atoms with van der Waals surface area (Å²) in [6.07, 6.45) is 3.18. The smallest absolute Gasteiger partial charge is 0.238 e. The second kappa shape index (κ2) is 7.62. The van der Waals surface area contributed by atoms with E-state index in [1.54, 1.807) is 0 Å². The molecular weight excluding hydrogens is 288 g/mol. The minimum Gasteiger partial charge on any atom is -0.349 e. The Morgan fingerprint density at radius 1 is 1.13 bits per heavy atom. The van der Waals surface area contributed by atoms with Gasteiger partial charge in [-0.1, -0.05) is 44.2 Å². The number of amides is 2. The molecule has 2 amide bonds. The number of hydrogen-bond donors (Lipinski definition) is 1. The van der Waals surface area contributed by atoms with Gasteiger partial charge in [-0.15, -0.1) is 0 Å². The monoisotopic (exact) mass is 316 g/mol. The number of nitrogens with zero attached hydrogens (tertiary/aromatic N) is 1. The molecule has 0 radical (unpaired) electrons. The molecule has 4 nitrogen and oxygen atoms in total. The molecule has 0 spiro atoms. The van der Waals surface area contributed by atoms with E-state index in [-0.39, 0.29) is 17.9 Å². The molecule has 1 aliphatic carbocycles. The molecule has 1 fully saturated rings. The van der Waals surface area contributed by atoms with Crippen LogP contribution < -0.4 is 5.32 Å². The molecular formula is C19H28N2O2. The van der Waals surface area contributed by atoms with Crippen molar-refractivity contribution in [3.63, 3.8) is 0 Å². The van der Waals surface area contributed by atoms with Crippen molar-refractivity contribution in [2.45, 2.75) is 52.5 Å². The summed E-state index contributed by atoms with van der Waals surface area (Å²) < 4.78 is 0. The molecule has 2 rings (SSSR count). The van der Waals surface area contributed by atoms with Gasteiger partial charge in [0.1, 0.15) is 5.41 Å². The lowest BCUT2D eigenvalue weighted by Crippen LogP contribution is -2.46. The van der Waals surface area contributed by atoms with Gasteiger partial charge in [0.05, 0.1) is 6.04 Å². The summed E-state index contributed by atoms with van der Waals surface area (Å²) in [4.78, 5) is 27.4. The first-order valence-electron chi connectivity index (χ1n) is 8.70. The fourth-order valence-corrected chi connectivity index (χ4v) is 2.98. The fraction of sp³-hybridized carbons (Fsp3) is 0.579. The predicted octanol–water partition coefficient (Wildman–Crippen LogP) is 3.29. The lowest BCUT2D eigenvalue weighted by molar-refractivity contribution is -0.144. The molecule has 0 aliphatic heterocycles. The summed E-state index contributed by atoms with van der Waals surface area (Å²) in [7, 11) is 0. The van der Waals surface area contributed by atoms with Crippen molar-refractivity contribution in [1.29, 1.82) is 0 Å². The number of hydrogen-bond acceptors (Lipinski definition) is 2. The molecule has 0 heterocycles. The molecule has 1 aromatic carbocycles. The van der Waals surface area contributed by atoms with Gasteiger partial charge in [0.2, 0.25) is 11.8 Å². The zero-order chi connectivity index (χ0) is 16.9. The normalized spacial score (nSPS) is 16.5. The van der Waals surface area contributed by atoms with Crippen LogP contribution in [0.4, 0.5) is 0 Å². The summed E-state index contributed by atoms with van der Waals surface area (Å²) in [5.41, 5.74) is 0.246. The van der Waals surface area contributed by atoms with Gasteiger partial charge in [-0.2, -0.15) is 0 Å². The summed E-state index contributed by atoms with van der Waals surface area (Å²) in [5, 5.41) is 3.03. The average Bonchev–Trinajstić information content (AvgIpc) is 3.36. The Balaban J connectivity index is 2.04. The molecule has 126 valence electrons. The molecule has 1 unspecified atom stereocenters. The highest BCUT2D eigenvalue weighted by molar-refractivity contribution is 6.08. The van der Waals surface area contributed by atoms with Crippen molar-refractivity contribution < 1.29 is 9.59 Å². The summed E-state index contributed by atoms with van der Waals surface area (Å²) in [6.45, 7) is 7.55. The summed E-state index contributed by atoms with van der Waals surface area (Å²) in [5.74, 6) is -0.102. The zero-order valence-electron chi connectivity index (χ0n) is 14.5. The quantitative estimate of drug-likeness (QED) is 0.748. The first kappa shape index (κ1) is 17.5. The standard InChI is InChI=1S/C19H28N2O2/c1-4-13-21(14-5-2)18(23)19(11-12-19)17(22)20-15(3)16-9-7-6-8-10-16/h6-10,15H,4-5,11-14H2,1-3H3,(H,20,22). The topological polar surface area (TPSA) is 49.4 Å². The highest BCUT2D eigenvalue weighted by Gasteiger charge is 2.57. The lowest BCUT2D eigenvalue weighted by Gasteiger charge is -2.27. The zero-order valence-corrected chi connectivity index (χ0v) is 14.5. The molecule has 1 atom stereocenters. The van der Waals surface area contributed by atoms with Gasteiger partial charge in [0.25, 0.3) is 0 Å². The largest absolute Gasteiger partial charge is 0.349 e. The SMILES string of the molecule is CCCN(CCC)C(=O)C1(C(=O)NC(C)c2ccccc2)CC1. The van der Waals surface area contributed by atoms with Gasteiger partial charge in [0, 0.05) is 13.1 Å². The first-order chi connectivity index (χ1) is 11.0. The maximum Gasteiger partial charge on any atom is 0.238 e. The fourth-order valence-electron chi connectivity index (χ4n) is 2.98. The average molecular weight is 316 g/mol. The Kier molecular flexibility index (Phi) is 5.80. The van der Waals surface area contributed by atoms with Crippen molar-refractivity contribution >= 4 is 11.8 Å². The van der Waals surface area contributed by atoms with E-state index in [0.29, 0.717) is 12.8 Å². The van der Waals surface area contributed by atoms with Crippen LogP contribution in [0.3, 0.4) is 0 Å². The van der Waals surface area contributed by atoms with Crippen LogP contribution in [-0.2, 0) is 9.59 Å². The number of carbonyl (C=O) groups is 2. The van der Waals surface area contributed by atoms with Crippen LogP contribution in [0.2, 0.25) is 0 Å². The second-order valence-corrected chi connectivity index (χ2v) is 6.48. The van der Waals surface area contributed by atoms with Gasteiger partial charge in [-0.25, -0.2) is 0 Å². The van der Waals surface area contributed by atoms with Crippen molar-refractivity contribution in [3.8, 4) is 0 Å². The predicted molar refractivity (Wildman–Crippen MR) is 91.8 cm³/mol. The number of rotatable bonds is 8. The van der Waals surface area contributed by atoms with Crippen LogP contribution in [0.1, 0.15) is 58.1 Å². The highest BCUT2D eigenvalue weighted by Crippen LogP contribution is 2.48. The van der Waals surface area contributed by atoms with Crippen molar-refractivity contribution in [1.82, 2.24) is 10.2 Å². The third kappa shape index (κ3) is 3.92. The minimum absolute atomic E-state index is 0.0129. The maximum absolute atomic E-state index is 12.8. The van der Waals surface area contributed by atoms with Crippen LogP contribution in [0.5, 0.6) is 0 Å². The number of benzene rings is 1. The first-order valence-corrected chi connectivity index (χ1v) is 8.70. The van der Waals surface area contributed by atoms with Gasteiger partial charge >= 0.3 is 0 Å². The van der Waals surface area contributed by atoms with Crippen LogP contribution in [-0.4, -0.2) is 29.8 Å². The van der Waals surface area contributed by atoms with Crippen molar-refractivity contribution in [3.05, 3.63) is 35.9 Å². The molecule has 1 aromatic rings. The molecule has 1 N–H and O–H groups in total. The van der Waals surface area contributed by atoms with E-state index in [2.05, 4.69) is 19.2 Å². The van der Waals surface area contributed by atoms with E-state index in [1.807, 2.05) is 42.2 Å². The number of nitrogens with one attached hydrogen (secondary N) is 1. The van der Waals surface area contributed by atoms with Crippen molar-refractivity contribution in [2.75, 3.05) is 13.1 Å². The van der Waals surface area contributed by atoms with Crippen molar-refractivity contribution in [2.24, 2.45) is 5.41 Å². The van der Waals surface area contributed by atoms with E-state index < -0.39 is 5.41 Å². The van der Waals surface area contributed by atoms with Crippen LogP contribution >= 0.6 is 0 Å². The Labute approximate surface area is 139 Å². The third-order valence-corrected chi connectivity index (χ3v) is 4.52. The molecule has 23 heavy (non-hydrogen) atoms. The van der Waals surface area contributed by atoms with Crippen LogP contribution in [0.15, 0.2) is 30.3 Å². The Morgan fingerprint density at radius 3 is 2.17 bits per heavy atom. The van der Waals surface area contributed by atoms with Crippen LogP contribution in [0.25, 0.3) is 0 Å². The van der Waals surface area contributed by atoms with Gasteiger partial charge in [0.15, 0.2) is 0 Å². The van der Waals surface area contributed by atoms with E-state index in [9.17, 15) is 9.59 Å². The van der Waals surface area contributed by atoms with Gasteiger partial charge in [-0.3, -0.25) is 9.59 Å². The minimum atomic E-state index is -0.812. The second-order valence-electron chi connectivity index (χ2n) is 6.48. The lowest BCUT2D eigenvalue weighted by atomic mass is 10.0. The molecule has 1 aliphatic rings. The van der Waals surface area contributed by atoms with Crippen LogP contribution in [0, 0.1) is 5.41 Å².